The van der Waals surface area contributed by atoms with Gasteiger partial charge in [-0.2, -0.15) is 0 Å². The largest absolute Gasteiger partial charge is 0.493 e. The van der Waals surface area contributed by atoms with E-state index in [4.69, 9.17) is 9.84 Å². The molecule has 1 N–H and O–H groups in total. The smallest absolute Gasteiger partial charge is 0.119 e. The molecule has 2 nitrogen and oxygen atoms in total. The summed E-state index contributed by atoms with van der Waals surface area (Å²) in [6, 6.07) is 28.2. The Hall–Kier alpha value is -3.10. The summed E-state index contributed by atoms with van der Waals surface area (Å²) in [5.74, 6) is 0.852. The van der Waals surface area contributed by atoms with Crippen LogP contribution in [0.1, 0.15) is 17.5 Å². The van der Waals surface area contributed by atoms with E-state index in [-0.39, 0.29) is 6.61 Å². The van der Waals surface area contributed by atoms with Gasteiger partial charge in [0.25, 0.3) is 0 Å². The summed E-state index contributed by atoms with van der Waals surface area (Å²) in [5, 5.41) is 11.3. The summed E-state index contributed by atoms with van der Waals surface area (Å²) in [6.45, 7) is 0.693. The molecule has 0 bridgehead atoms. The first-order valence-corrected chi connectivity index (χ1v) is 9.81. The average molecular weight is 366 g/mol. The molecule has 0 saturated heterocycles. The van der Waals surface area contributed by atoms with Gasteiger partial charge in [-0.15, -0.1) is 0 Å². The van der Waals surface area contributed by atoms with E-state index in [2.05, 4.69) is 72.8 Å². The van der Waals surface area contributed by atoms with Crippen LogP contribution < -0.4 is 4.74 Å². The third-order valence-corrected chi connectivity index (χ3v) is 5.54. The molecule has 28 heavy (non-hydrogen) atoms. The molecule has 0 unspecified atom stereocenters. The van der Waals surface area contributed by atoms with Gasteiger partial charge in [-0.05, 0) is 68.8 Å². The molecule has 0 atom stereocenters. The quantitative estimate of drug-likeness (QED) is 0.396. The van der Waals surface area contributed by atoms with Gasteiger partial charge in [0.2, 0.25) is 0 Å². The average Bonchev–Trinajstić information content (AvgIpc) is 3.12. The molecule has 2 heteroatoms. The third kappa shape index (κ3) is 2.96. The summed E-state index contributed by atoms with van der Waals surface area (Å²) in [6.07, 6.45) is 1.65. The Bertz CT molecular complexity index is 1160. The minimum absolute atomic E-state index is 0.155. The van der Waals surface area contributed by atoms with Crippen LogP contribution in [0.4, 0.5) is 0 Å². The molecule has 4 aromatic rings. The summed E-state index contributed by atoms with van der Waals surface area (Å²) in [5.41, 5.74) is 8.14. The lowest BCUT2D eigenvalue weighted by Crippen LogP contribution is -1.99. The maximum absolute atomic E-state index is 8.90. The van der Waals surface area contributed by atoms with Gasteiger partial charge in [-0.1, -0.05) is 60.7 Å². The lowest BCUT2D eigenvalue weighted by molar-refractivity contribution is 0.234. The second-order valence-electron chi connectivity index (χ2n) is 7.31. The summed E-state index contributed by atoms with van der Waals surface area (Å²) in [4.78, 5) is 0. The monoisotopic (exact) mass is 366 g/mol. The first-order valence-electron chi connectivity index (χ1n) is 9.81. The molecule has 1 aliphatic carbocycles. The fourth-order valence-electron chi connectivity index (χ4n) is 4.16. The molecule has 4 aromatic carbocycles. The fourth-order valence-corrected chi connectivity index (χ4v) is 4.16. The van der Waals surface area contributed by atoms with Gasteiger partial charge >= 0.3 is 0 Å². The molecule has 0 aliphatic heterocycles. The Labute approximate surface area is 165 Å². The summed E-state index contributed by atoms with van der Waals surface area (Å²) >= 11 is 0. The second kappa shape index (κ2) is 7.14. The molecule has 0 fully saturated rings. The molecule has 0 heterocycles. The van der Waals surface area contributed by atoms with E-state index in [0.29, 0.717) is 13.0 Å². The number of benzene rings is 4. The Kier molecular flexibility index (Phi) is 4.34. The van der Waals surface area contributed by atoms with Crippen LogP contribution in [0.5, 0.6) is 5.75 Å². The predicted octanol–water partition coefficient (Wildman–Crippen LogP) is 5.84. The van der Waals surface area contributed by atoms with Crippen molar-refractivity contribution in [2.75, 3.05) is 13.2 Å². The molecule has 0 radical (unpaired) electrons. The molecular formula is C26H22O2. The maximum atomic E-state index is 8.90. The van der Waals surface area contributed by atoms with Crippen molar-refractivity contribution in [3.63, 3.8) is 0 Å². The van der Waals surface area contributed by atoms with Crippen molar-refractivity contribution in [3.05, 3.63) is 90.0 Å². The highest BCUT2D eigenvalue weighted by atomic mass is 16.5. The van der Waals surface area contributed by atoms with Gasteiger partial charge in [0.1, 0.15) is 5.75 Å². The highest BCUT2D eigenvalue weighted by Gasteiger charge is 2.20. The Morgan fingerprint density at radius 1 is 0.750 bits per heavy atom. The van der Waals surface area contributed by atoms with Gasteiger partial charge in [-0.25, -0.2) is 0 Å². The van der Waals surface area contributed by atoms with E-state index in [9.17, 15) is 0 Å². The van der Waals surface area contributed by atoms with Crippen molar-refractivity contribution in [3.8, 4) is 28.0 Å². The van der Waals surface area contributed by atoms with Gasteiger partial charge in [0.15, 0.2) is 0 Å². The highest BCUT2D eigenvalue weighted by molar-refractivity contribution is 5.91. The lowest BCUT2D eigenvalue weighted by Gasteiger charge is -2.11. The Morgan fingerprint density at radius 2 is 1.54 bits per heavy atom. The topological polar surface area (TPSA) is 29.5 Å². The van der Waals surface area contributed by atoms with Crippen molar-refractivity contribution >= 4 is 10.8 Å². The number of aliphatic hydroxyl groups is 1. The number of rotatable bonds is 5. The molecule has 0 spiro atoms. The van der Waals surface area contributed by atoms with Crippen LogP contribution >= 0.6 is 0 Å². The number of fused-ring (bicyclic) bond motifs is 4. The van der Waals surface area contributed by atoms with E-state index < -0.39 is 0 Å². The van der Waals surface area contributed by atoms with Crippen LogP contribution in [-0.4, -0.2) is 18.3 Å². The van der Waals surface area contributed by atoms with Crippen LogP contribution in [0.15, 0.2) is 78.9 Å². The predicted molar refractivity (Wildman–Crippen MR) is 115 cm³/mol. The molecule has 0 saturated carbocycles. The fraction of sp³-hybridized carbons (Fsp3) is 0.154. The van der Waals surface area contributed by atoms with Crippen molar-refractivity contribution in [2.45, 2.75) is 12.8 Å². The Balaban J connectivity index is 1.52. The van der Waals surface area contributed by atoms with E-state index in [1.54, 1.807) is 0 Å². The lowest BCUT2D eigenvalue weighted by atomic mass is 9.94. The highest BCUT2D eigenvalue weighted by Crippen LogP contribution is 2.41. The van der Waals surface area contributed by atoms with Crippen LogP contribution in [0, 0.1) is 0 Å². The molecule has 1 aliphatic rings. The molecule has 0 aromatic heterocycles. The van der Waals surface area contributed by atoms with Crippen molar-refractivity contribution in [1.29, 1.82) is 0 Å². The number of hydrogen-bond donors (Lipinski definition) is 1. The molecule has 5 rings (SSSR count). The zero-order valence-electron chi connectivity index (χ0n) is 15.7. The van der Waals surface area contributed by atoms with Gasteiger partial charge in [0.05, 0.1) is 6.61 Å². The standard InChI is InChI=1S/C26H22O2/c27-13-4-14-28-22-12-11-18-15-21(10-9-19(18)16-22)24-7-3-8-25-23-6-2-1-5-20(23)17-26(24)25/h1-3,5-12,15-16,27H,4,13-14,17H2. The first-order chi connectivity index (χ1) is 13.8. The number of ether oxygens (including phenoxy) is 1. The van der Waals surface area contributed by atoms with Crippen molar-refractivity contribution in [1.82, 2.24) is 0 Å². The third-order valence-electron chi connectivity index (χ3n) is 5.54. The van der Waals surface area contributed by atoms with E-state index in [1.807, 2.05) is 6.07 Å². The maximum Gasteiger partial charge on any atom is 0.119 e. The normalized spacial score (nSPS) is 12.0. The second-order valence-corrected chi connectivity index (χ2v) is 7.31. The van der Waals surface area contributed by atoms with Crippen LogP contribution in [0.25, 0.3) is 33.0 Å². The van der Waals surface area contributed by atoms with Gasteiger partial charge < -0.3 is 9.84 Å². The van der Waals surface area contributed by atoms with E-state index in [1.165, 1.54) is 44.2 Å². The number of aliphatic hydroxyl groups excluding tert-OH is 1. The minimum Gasteiger partial charge on any atom is -0.493 e. The van der Waals surface area contributed by atoms with Crippen molar-refractivity contribution < 1.29 is 9.84 Å². The SMILES string of the molecule is OCCCOc1ccc2cc(-c3cccc4c3Cc3ccccc3-4)ccc2c1. The van der Waals surface area contributed by atoms with Crippen LogP contribution in [0.2, 0.25) is 0 Å². The summed E-state index contributed by atoms with van der Waals surface area (Å²) in [7, 11) is 0. The van der Waals surface area contributed by atoms with Crippen LogP contribution in [0.3, 0.4) is 0 Å². The Morgan fingerprint density at radius 3 is 2.46 bits per heavy atom. The van der Waals surface area contributed by atoms with Gasteiger partial charge in [-0.3, -0.25) is 0 Å². The zero-order valence-corrected chi connectivity index (χ0v) is 15.7. The van der Waals surface area contributed by atoms with Crippen molar-refractivity contribution in [2.24, 2.45) is 0 Å². The molecular weight excluding hydrogens is 344 g/mol. The number of hydrogen-bond acceptors (Lipinski definition) is 2. The molecule has 138 valence electrons. The van der Waals surface area contributed by atoms with Crippen LogP contribution in [-0.2, 0) is 6.42 Å². The van der Waals surface area contributed by atoms with E-state index >= 15 is 0 Å². The summed E-state index contributed by atoms with van der Waals surface area (Å²) < 4.78 is 5.71. The zero-order chi connectivity index (χ0) is 18.9. The van der Waals surface area contributed by atoms with E-state index in [0.717, 1.165) is 12.2 Å². The minimum atomic E-state index is 0.155. The van der Waals surface area contributed by atoms with Gasteiger partial charge in [0, 0.05) is 13.0 Å². The molecule has 0 amide bonds. The first kappa shape index (κ1) is 17.0.